The minimum atomic E-state index is -2.27. The molecule has 3 atom stereocenters. The van der Waals surface area contributed by atoms with Crippen LogP contribution in [0.1, 0.15) is 0 Å². The maximum Gasteiger partial charge on any atom is 0.335 e. The van der Waals surface area contributed by atoms with Gasteiger partial charge in [-0.1, -0.05) is 18.2 Å². The van der Waals surface area contributed by atoms with Crippen LogP contribution in [-0.4, -0.2) is 73.4 Å². The third-order valence-corrected chi connectivity index (χ3v) is 2.40. The van der Waals surface area contributed by atoms with Crippen LogP contribution in [0.25, 0.3) is 0 Å². The highest BCUT2D eigenvalue weighted by Gasteiger charge is 2.29. The predicted molar refractivity (Wildman–Crippen MR) is 75.9 cm³/mol. The maximum atomic E-state index is 10.5. The number of para-hydroxylation sites is 1. The number of aliphatic hydroxyl groups excluding tert-OH is 3. The Kier molecular flexibility index (Phi) is 8.92. The Morgan fingerprint density at radius 3 is 1.61 bits per heavy atom. The normalized spacial score (nSPS) is 13.7. The summed E-state index contributed by atoms with van der Waals surface area (Å²) in [4.78, 5) is 30.1. The average Bonchev–Trinajstić information content (AvgIpc) is 2.52. The maximum absolute atomic E-state index is 10.5. The highest BCUT2D eigenvalue weighted by atomic mass is 16.4. The molecule has 23 heavy (non-hydrogen) atoms. The van der Waals surface area contributed by atoms with Crippen molar-refractivity contribution in [3.63, 3.8) is 0 Å². The Morgan fingerprint density at radius 1 is 0.870 bits per heavy atom. The lowest BCUT2D eigenvalue weighted by atomic mass is 10.2. The van der Waals surface area contributed by atoms with Crippen molar-refractivity contribution >= 4 is 23.6 Å². The SMILES string of the molecule is O=C(O)C(CO)Nc1ccccc1.O=C(O)C(O)C(O)C(=O)O. The molecule has 1 aromatic carbocycles. The quantitative estimate of drug-likeness (QED) is 0.307. The fourth-order valence-electron chi connectivity index (χ4n) is 1.19. The summed E-state index contributed by atoms with van der Waals surface area (Å²) < 4.78 is 0. The van der Waals surface area contributed by atoms with Crippen molar-refractivity contribution in [1.29, 1.82) is 0 Å². The van der Waals surface area contributed by atoms with E-state index < -0.39 is 42.8 Å². The summed E-state index contributed by atoms with van der Waals surface area (Å²) in [5.74, 6) is -4.60. The van der Waals surface area contributed by atoms with Crippen LogP contribution in [-0.2, 0) is 14.4 Å². The van der Waals surface area contributed by atoms with E-state index in [9.17, 15) is 14.4 Å². The molecule has 0 amide bonds. The van der Waals surface area contributed by atoms with Crippen molar-refractivity contribution in [2.24, 2.45) is 0 Å². The summed E-state index contributed by atoms with van der Waals surface area (Å²) >= 11 is 0. The second-order valence-electron chi connectivity index (χ2n) is 4.15. The van der Waals surface area contributed by atoms with E-state index in [-0.39, 0.29) is 0 Å². The van der Waals surface area contributed by atoms with Crippen LogP contribution < -0.4 is 5.32 Å². The van der Waals surface area contributed by atoms with E-state index in [0.29, 0.717) is 5.69 Å². The predicted octanol–water partition coefficient (Wildman–Crippen LogP) is -1.58. The molecule has 0 spiro atoms. The van der Waals surface area contributed by atoms with Crippen molar-refractivity contribution in [2.75, 3.05) is 11.9 Å². The molecule has 7 N–H and O–H groups in total. The molecule has 0 saturated heterocycles. The molecule has 0 aliphatic rings. The summed E-state index contributed by atoms with van der Waals surface area (Å²) in [5, 5.41) is 52.5. The number of benzene rings is 1. The fraction of sp³-hybridized carbons (Fsp3) is 0.308. The van der Waals surface area contributed by atoms with E-state index in [0.717, 1.165) is 0 Å². The highest BCUT2D eigenvalue weighted by Crippen LogP contribution is 2.06. The van der Waals surface area contributed by atoms with Gasteiger partial charge in [0.25, 0.3) is 0 Å². The molecule has 3 unspecified atom stereocenters. The van der Waals surface area contributed by atoms with Gasteiger partial charge in [0.1, 0.15) is 6.04 Å². The molecule has 10 nitrogen and oxygen atoms in total. The second kappa shape index (κ2) is 10.1. The zero-order valence-electron chi connectivity index (χ0n) is 11.7. The molecule has 0 aliphatic carbocycles. The molecule has 0 aromatic heterocycles. The number of aliphatic hydroxyl groups is 3. The lowest BCUT2D eigenvalue weighted by molar-refractivity contribution is -0.165. The minimum absolute atomic E-state index is 0.426. The number of carbonyl (C=O) groups is 3. The number of hydrogen-bond donors (Lipinski definition) is 7. The monoisotopic (exact) mass is 331 g/mol. The Morgan fingerprint density at radius 2 is 1.30 bits per heavy atom. The number of carboxylic acids is 3. The molecule has 1 aromatic rings. The summed E-state index contributed by atoms with van der Waals surface area (Å²) in [6.07, 6.45) is -4.53. The van der Waals surface area contributed by atoms with Crippen molar-refractivity contribution in [1.82, 2.24) is 0 Å². The molecule has 128 valence electrons. The summed E-state index contributed by atoms with van der Waals surface area (Å²) in [6.45, 7) is -0.426. The third-order valence-electron chi connectivity index (χ3n) is 2.40. The van der Waals surface area contributed by atoms with Crippen LogP contribution in [0.3, 0.4) is 0 Å². The van der Waals surface area contributed by atoms with Gasteiger partial charge in [0.15, 0.2) is 12.2 Å². The topological polar surface area (TPSA) is 185 Å². The van der Waals surface area contributed by atoms with E-state index in [1.165, 1.54) is 0 Å². The molecular weight excluding hydrogens is 314 g/mol. The van der Waals surface area contributed by atoms with Gasteiger partial charge in [0, 0.05) is 5.69 Å². The van der Waals surface area contributed by atoms with Crippen LogP contribution >= 0.6 is 0 Å². The van der Waals surface area contributed by atoms with Gasteiger partial charge in [-0.05, 0) is 12.1 Å². The number of hydrogen-bond acceptors (Lipinski definition) is 7. The first-order valence-corrected chi connectivity index (χ1v) is 6.17. The number of nitrogens with one attached hydrogen (secondary N) is 1. The van der Waals surface area contributed by atoms with E-state index >= 15 is 0 Å². The van der Waals surface area contributed by atoms with Gasteiger partial charge in [0.05, 0.1) is 6.61 Å². The Labute approximate surface area is 130 Å². The summed E-state index contributed by atoms with van der Waals surface area (Å²) in [6, 6.07) is 7.95. The van der Waals surface area contributed by atoms with Crippen LogP contribution in [0, 0.1) is 0 Å². The molecular formula is C13H17NO9. The van der Waals surface area contributed by atoms with Crippen molar-refractivity contribution in [3.05, 3.63) is 30.3 Å². The van der Waals surface area contributed by atoms with Crippen LogP contribution in [0.15, 0.2) is 30.3 Å². The van der Waals surface area contributed by atoms with Gasteiger partial charge in [-0.25, -0.2) is 14.4 Å². The van der Waals surface area contributed by atoms with E-state index in [2.05, 4.69) is 5.32 Å². The Balaban J connectivity index is 0.000000438. The van der Waals surface area contributed by atoms with Gasteiger partial charge >= 0.3 is 17.9 Å². The minimum Gasteiger partial charge on any atom is -0.480 e. The largest absolute Gasteiger partial charge is 0.480 e. The van der Waals surface area contributed by atoms with Crippen molar-refractivity contribution < 1.29 is 45.0 Å². The third kappa shape index (κ3) is 7.76. The highest BCUT2D eigenvalue weighted by molar-refractivity contribution is 5.83. The smallest absolute Gasteiger partial charge is 0.335 e. The van der Waals surface area contributed by atoms with E-state index in [1.807, 2.05) is 6.07 Å². The first-order chi connectivity index (χ1) is 10.7. The fourth-order valence-corrected chi connectivity index (χ4v) is 1.19. The Bertz CT molecular complexity index is 501. The van der Waals surface area contributed by atoms with Gasteiger partial charge in [-0.15, -0.1) is 0 Å². The summed E-state index contributed by atoms with van der Waals surface area (Å²) in [5.41, 5.74) is 0.684. The number of rotatable bonds is 7. The lowest BCUT2D eigenvalue weighted by Gasteiger charge is -2.12. The number of carboxylic acid groups (broad SMARTS) is 3. The molecule has 0 aliphatic heterocycles. The zero-order chi connectivity index (χ0) is 18.0. The van der Waals surface area contributed by atoms with Crippen LogP contribution in [0.4, 0.5) is 5.69 Å². The molecule has 0 radical (unpaired) electrons. The lowest BCUT2D eigenvalue weighted by Crippen LogP contribution is -2.39. The van der Waals surface area contributed by atoms with Crippen molar-refractivity contribution in [3.8, 4) is 0 Å². The van der Waals surface area contributed by atoms with E-state index in [1.54, 1.807) is 24.3 Å². The summed E-state index contributed by atoms with van der Waals surface area (Å²) in [7, 11) is 0. The van der Waals surface area contributed by atoms with Gasteiger partial charge in [-0.3, -0.25) is 0 Å². The van der Waals surface area contributed by atoms with Gasteiger partial charge in [0.2, 0.25) is 0 Å². The second-order valence-corrected chi connectivity index (χ2v) is 4.15. The zero-order valence-corrected chi connectivity index (χ0v) is 11.7. The molecule has 0 bridgehead atoms. The average molecular weight is 331 g/mol. The van der Waals surface area contributed by atoms with Crippen LogP contribution in [0.5, 0.6) is 0 Å². The van der Waals surface area contributed by atoms with Gasteiger partial charge in [-0.2, -0.15) is 0 Å². The van der Waals surface area contributed by atoms with Crippen molar-refractivity contribution in [2.45, 2.75) is 18.2 Å². The molecule has 1 rings (SSSR count). The molecule has 0 fully saturated rings. The molecule has 0 saturated carbocycles. The number of aliphatic carboxylic acids is 3. The number of anilines is 1. The molecule has 10 heteroatoms. The molecule has 0 heterocycles. The first-order valence-electron chi connectivity index (χ1n) is 6.17. The van der Waals surface area contributed by atoms with Crippen LogP contribution in [0.2, 0.25) is 0 Å². The van der Waals surface area contributed by atoms with Gasteiger partial charge < -0.3 is 36.0 Å². The first kappa shape index (κ1) is 20.3. The Hall–Kier alpha value is -2.69. The van der Waals surface area contributed by atoms with E-state index in [4.69, 9.17) is 30.6 Å². The standard InChI is InChI=1S/C9H11NO3.C4H6O6/c11-6-8(9(12)13)10-7-4-2-1-3-5-7;5-1(3(7)8)2(6)4(9)10/h1-5,8,10-11H,6H2,(H,12,13);1-2,5-6H,(H,7,8)(H,9,10).